The Kier molecular flexibility index (Phi) is 7.25. The van der Waals surface area contributed by atoms with Gasteiger partial charge in [0.15, 0.2) is 0 Å². The van der Waals surface area contributed by atoms with E-state index in [4.69, 9.17) is 16.3 Å². The summed E-state index contributed by atoms with van der Waals surface area (Å²) < 4.78 is 5.63. The van der Waals surface area contributed by atoms with Crippen LogP contribution >= 0.6 is 11.6 Å². The third-order valence-electron chi connectivity index (χ3n) is 2.55. The highest BCUT2D eigenvalue weighted by Crippen LogP contribution is 2.17. The summed E-state index contributed by atoms with van der Waals surface area (Å²) >= 11 is 5.90. The van der Waals surface area contributed by atoms with Crippen LogP contribution < -0.4 is 5.32 Å². The minimum atomic E-state index is 0.263. The van der Waals surface area contributed by atoms with Crippen LogP contribution in [0.25, 0.3) is 0 Å². The zero-order valence-corrected chi connectivity index (χ0v) is 11.5. The summed E-state index contributed by atoms with van der Waals surface area (Å²) in [6, 6.07) is 8.24. The van der Waals surface area contributed by atoms with Gasteiger partial charge in [-0.05, 0) is 37.1 Å². The average molecular weight is 256 g/mol. The topological polar surface area (TPSA) is 21.3 Å². The summed E-state index contributed by atoms with van der Waals surface area (Å²) in [5.41, 5.74) is 1.24. The number of benzene rings is 1. The SMILES string of the molecule is CCCNC(COCCC)c1ccc(Cl)cc1. The van der Waals surface area contributed by atoms with E-state index in [1.54, 1.807) is 0 Å². The van der Waals surface area contributed by atoms with Crippen molar-refractivity contribution < 1.29 is 4.74 Å². The Bertz CT molecular complexity index is 300. The van der Waals surface area contributed by atoms with Crippen LogP contribution in [0.1, 0.15) is 38.3 Å². The van der Waals surface area contributed by atoms with E-state index in [2.05, 4.69) is 31.3 Å². The average Bonchev–Trinajstić information content (AvgIpc) is 2.35. The minimum Gasteiger partial charge on any atom is -0.379 e. The lowest BCUT2D eigenvalue weighted by Gasteiger charge is -2.19. The van der Waals surface area contributed by atoms with E-state index < -0.39 is 0 Å². The van der Waals surface area contributed by atoms with E-state index in [9.17, 15) is 0 Å². The molecule has 96 valence electrons. The number of hydrogen-bond donors (Lipinski definition) is 1. The van der Waals surface area contributed by atoms with Crippen LogP contribution in [0.4, 0.5) is 0 Å². The Morgan fingerprint density at radius 1 is 1.18 bits per heavy atom. The van der Waals surface area contributed by atoms with Gasteiger partial charge in [-0.25, -0.2) is 0 Å². The predicted octanol–water partition coefficient (Wildman–Crippen LogP) is 3.81. The normalized spacial score (nSPS) is 12.6. The van der Waals surface area contributed by atoms with Crippen LogP contribution in [0.3, 0.4) is 0 Å². The van der Waals surface area contributed by atoms with E-state index in [0.29, 0.717) is 0 Å². The summed E-state index contributed by atoms with van der Waals surface area (Å²) in [6.45, 7) is 6.83. The minimum absolute atomic E-state index is 0.263. The van der Waals surface area contributed by atoms with Crippen molar-refractivity contribution in [1.29, 1.82) is 0 Å². The first-order valence-corrected chi connectivity index (χ1v) is 6.72. The molecule has 1 N–H and O–H groups in total. The van der Waals surface area contributed by atoms with Crippen molar-refractivity contribution in [2.75, 3.05) is 19.8 Å². The molecule has 17 heavy (non-hydrogen) atoms. The predicted molar refractivity (Wildman–Crippen MR) is 73.6 cm³/mol. The van der Waals surface area contributed by atoms with Gasteiger partial charge in [-0.1, -0.05) is 37.6 Å². The number of rotatable bonds is 8. The standard InChI is InChI=1S/C14H22ClNO/c1-3-9-16-14(11-17-10-4-2)12-5-7-13(15)8-6-12/h5-8,14,16H,3-4,9-11H2,1-2H3. The second-order valence-corrected chi connectivity index (χ2v) is 4.57. The molecular weight excluding hydrogens is 234 g/mol. The molecule has 0 spiro atoms. The maximum absolute atomic E-state index is 5.90. The number of nitrogens with one attached hydrogen (secondary N) is 1. The molecule has 1 rings (SSSR count). The van der Waals surface area contributed by atoms with Crippen LogP contribution in [-0.2, 0) is 4.74 Å². The fourth-order valence-electron chi connectivity index (χ4n) is 1.63. The van der Waals surface area contributed by atoms with E-state index in [-0.39, 0.29) is 6.04 Å². The molecule has 0 fully saturated rings. The Morgan fingerprint density at radius 2 is 1.88 bits per heavy atom. The van der Waals surface area contributed by atoms with Crippen molar-refractivity contribution in [3.8, 4) is 0 Å². The maximum atomic E-state index is 5.90. The first-order valence-electron chi connectivity index (χ1n) is 6.34. The first kappa shape index (κ1) is 14.5. The molecule has 0 saturated carbocycles. The number of halogens is 1. The molecule has 0 aromatic heterocycles. The van der Waals surface area contributed by atoms with E-state index in [1.807, 2.05) is 12.1 Å². The van der Waals surface area contributed by atoms with Crippen molar-refractivity contribution in [3.63, 3.8) is 0 Å². The number of hydrogen-bond acceptors (Lipinski definition) is 2. The molecule has 2 nitrogen and oxygen atoms in total. The van der Waals surface area contributed by atoms with Gasteiger partial charge in [-0.3, -0.25) is 0 Å². The van der Waals surface area contributed by atoms with Gasteiger partial charge < -0.3 is 10.1 Å². The fraction of sp³-hybridized carbons (Fsp3) is 0.571. The lowest BCUT2D eigenvalue weighted by atomic mass is 10.1. The highest BCUT2D eigenvalue weighted by molar-refractivity contribution is 6.30. The van der Waals surface area contributed by atoms with Crippen molar-refractivity contribution >= 4 is 11.6 Å². The molecule has 3 heteroatoms. The molecular formula is C14H22ClNO. The molecule has 0 radical (unpaired) electrons. The van der Waals surface area contributed by atoms with Gasteiger partial charge in [-0.2, -0.15) is 0 Å². The van der Waals surface area contributed by atoms with Crippen molar-refractivity contribution in [3.05, 3.63) is 34.9 Å². The monoisotopic (exact) mass is 255 g/mol. The highest BCUT2D eigenvalue weighted by Gasteiger charge is 2.10. The summed E-state index contributed by atoms with van der Waals surface area (Å²) in [5.74, 6) is 0. The summed E-state index contributed by atoms with van der Waals surface area (Å²) in [7, 11) is 0. The Morgan fingerprint density at radius 3 is 2.47 bits per heavy atom. The van der Waals surface area contributed by atoms with Gasteiger partial charge in [0.05, 0.1) is 12.6 Å². The van der Waals surface area contributed by atoms with Crippen LogP contribution in [0.5, 0.6) is 0 Å². The first-order chi connectivity index (χ1) is 8.27. The molecule has 1 aromatic carbocycles. The molecule has 1 atom stereocenters. The van der Waals surface area contributed by atoms with E-state index in [0.717, 1.165) is 37.6 Å². The summed E-state index contributed by atoms with van der Waals surface area (Å²) in [4.78, 5) is 0. The molecule has 0 saturated heterocycles. The van der Waals surface area contributed by atoms with Crippen LogP contribution in [0, 0.1) is 0 Å². The molecule has 1 aromatic rings. The second-order valence-electron chi connectivity index (χ2n) is 4.13. The Hall–Kier alpha value is -0.570. The van der Waals surface area contributed by atoms with Gasteiger partial charge in [-0.15, -0.1) is 0 Å². The van der Waals surface area contributed by atoms with Gasteiger partial charge >= 0.3 is 0 Å². The van der Waals surface area contributed by atoms with Crippen molar-refractivity contribution in [1.82, 2.24) is 5.32 Å². The highest BCUT2D eigenvalue weighted by atomic mass is 35.5. The molecule has 0 amide bonds. The third-order valence-corrected chi connectivity index (χ3v) is 2.80. The van der Waals surface area contributed by atoms with Crippen molar-refractivity contribution in [2.24, 2.45) is 0 Å². The molecule has 0 aliphatic rings. The zero-order valence-electron chi connectivity index (χ0n) is 10.7. The quantitative estimate of drug-likeness (QED) is 0.714. The van der Waals surface area contributed by atoms with Gasteiger partial charge in [0.25, 0.3) is 0 Å². The lowest BCUT2D eigenvalue weighted by Crippen LogP contribution is -2.26. The molecule has 0 aliphatic heterocycles. The van der Waals surface area contributed by atoms with Gasteiger partial charge in [0.2, 0.25) is 0 Å². The second kappa shape index (κ2) is 8.51. The summed E-state index contributed by atoms with van der Waals surface area (Å²) in [5, 5.41) is 4.27. The van der Waals surface area contributed by atoms with Gasteiger partial charge in [0.1, 0.15) is 0 Å². The smallest absolute Gasteiger partial charge is 0.0661 e. The number of ether oxygens (including phenoxy) is 1. The lowest BCUT2D eigenvalue weighted by molar-refractivity contribution is 0.112. The molecule has 0 bridgehead atoms. The van der Waals surface area contributed by atoms with Crippen molar-refractivity contribution in [2.45, 2.75) is 32.7 Å². The third kappa shape index (κ3) is 5.53. The molecule has 1 unspecified atom stereocenters. The zero-order chi connectivity index (χ0) is 12.5. The van der Waals surface area contributed by atoms with Crippen LogP contribution in [0.2, 0.25) is 5.02 Å². The molecule has 0 aliphatic carbocycles. The maximum Gasteiger partial charge on any atom is 0.0661 e. The van der Waals surface area contributed by atoms with Crippen LogP contribution in [0.15, 0.2) is 24.3 Å². The molecule has 0 heterocycles. The van der Waals surface area contributed by atoms with E-state index in [1.165, 1.54) is 5.56 Å². The Balaban J connectivity index is 2.57. The van der Waals surface area contributed by atoms with E-state index >= 15 is 0 Å². The summed E-state index contributed by atoms with van der Waals surface area (Å²) in [6.07, 6.45) is 2.18. The van der Waals surface area contributed by atoms with Crippen LogP contribution in [-0.4, -0.2) is 19.8 Å². The van der Waals surface area contributed by atoms with Gasteiger partial charge in [0, 0.05) is 11.6 Å². The fourth-order valence-corrected chi connectivity index (χ4v) is 1.76. The largest absolute Gasteiger partial charge is 0.379 e. The Labute approximate surface area is 109 Å².